The van der Waals surface area contributed by atoms with E-state index in [1.54, 1.807) is 19.4 Å². The van der Waals surface area contributed by atoms with E-state index in [-0.39, 0.29) is 0 Å². The van der Waals surface area contributed by atoms with Gasteiger partial charge in [0.25, 0.3) is 0 Å². The first kappa shape index (κ1) is 23.2. The summed E-state index contributed by atoms with van der Waals surface area (Å²) in [6.45, 7) is 3.66. The van der Waals surface area contributed by atoms with E-state index in [2.05, 4.69) is 32.8 Å². The average Bonchev–Trinajstić information content (AvgIpc) is 3.61. The lowest BCUT2D eigenvalue weighted by Gasteiger charge is -2.32. The molecule has 0 bridgehead atoms. The molecule has 4 rings (SSSR count). The molecule has 0 unspecified atom stereocenters. The highest BCUT2D eigenvalue weighted by Gasteiger charge is 2.23. The Bertz CT molecular complexity index is 902. The number of pyridine rings is 2. The number of rotatable bonds is 10. The number of ether oxygens (including phenoxy) is 1. The molecule has 1 atom stereocenters. The third-order valence-corrected chi connectivity index (χ3v) is 6.60. The van der Waals surface area contributed by atoms with Crippen LogP contribution in [0, 0.1) is 11.9 Å². The maximum Gasteiger partial charge on any atom is 0.236 e. The average molecular weight is 462 g/mol. The summed E-state index contributed by atoms with van der Waals surface area (Å²) in [4.78, 5) is 8.41. The Hall–Kier alpha value is -1.96. The molecule has 0 saturated heterocycles. The molecule has 32 heavy (non-hydrogen) atoms. The lowest BCUT2D eigenvalue weighted by molar-refractivity contribution is 0.161. The van der Waals surface area contributed by atoms with Crippen LogP contribution in [0.5, 0.6) is 0 Å². The fourth-order valence-electron chi connectivity index (χ4n) is 4.35. The van der Waals surface area contributed by atoms with Gasteiger partial charge in [-0.1, -0.05) is 11.6 Å². The lowest BCUT2D eigenvalue weighted by Crippen LogP contribution is -2.42. The van der Waals surface area contributed by atoms with Crippen molar-refractivity contribution in [3.8, 4) is 11.1 Å². The van der Waals surface area contributed by atoms with Gasteiger partial charge < -0.3 is 20.7 Å². The van der Waals surface area contributed by atoms with Gasteiger partial charge in [-0.15, -0.1) is 0 Å². The van der Waals surface area contributed by atoms with Crippen molar-refractivity contribution < 1.29 is 9.13 Å². The van der Waals surface area contributed by atoms with Gasteiger partial charge in [-0.05, 0) is 63.5 Å². The number of nitrogens with one attached hydrogen (secondary N) is 3. The van der Waals surface area contributed by atoms with Crippen LogP contribution in [0.25, 0.3) is 11.1 Å². The fourth-order valence-corrected chi connectivity index (χ4v) is 4.56. The van der Waals surface area contributed by atoms with Crippen LogP contribution in [0.2, 0.25) is 5.02 Å². The Balaban J connectivity index is 1.38. The van der Waals surface area contributed by atoms with Crippen molar-refractivity contribution in [3.05, 3.63) is 35.5 Å². The largest absolute Gasteiger partial charge is 0.383 e. The second-order valence-corrected chi connectivity index (χ2v) is 9.56. The molecule has 3 N–H and O–H groups in total. The van der Waals surface area contributed by atoms with Gasteiger partial charge in [-0.25, -0.2) is 9.97 Å². The van der Waals surface area contributed by atoms with Crippen molar-refractivity contribution in [1.82, 2.24) is 15.3 Å². The minimum absolute atomic E-state index is 0.364. The zero-order valence-corrected chi connectivity index (χ0v) is 19.6. The summed E-state index contributed by atoms with van der Waals surface area (Å²) < 4.78 is 19.4. The summed E-state index contributed by atoms with van der Waals surface area (Å²) in [6.07, 6.45) is 9.97. The fraction of sp³-hybridized carbons (Fsp3) is 0.583. The van der Waals surface area contributed by atoms with Crippen LogP contribution in [0.1, 0.15) is 45.4 Å². The zero-order valence-electron chi connectivity index (χ0n) is 18.8. The SMILES string of the molecule is COC[C@H](C)NC1CCC(Nc2cc(-c3cnc(F)c(NCC4CC4)c3)c(Cl)cn2)CC1. The van der Waals surface area contributed by atoms with Gasteiger partial charge in [-0.3, -0.25) is 0 Å². The molecule has 0 radical (unpaired) electrons. The van der Waals surface area contributed by atoms with Crippen LogP contribution in [0.3, 0.4) is 0 Å². The first-order valence-corrected chi connectivity index (χ1v) is 12.0. The third-order valence-electron chi connectivity index (χ3n) is 6.30. The Labute approximate surface area is 194 Å². The number of halogens is 2. The maximum absolute atomic E-state index is 14.2. The predicted octanol–water partition coefficient (Wildman–Crippen LogP) is 5.11. The molecule has 8 heteroatoms. The summed E-state index contributed by atoms with van der Waals surface area (Å²) in [6, 6.07) is 4.98. The topological polar surface area (TPSA) is 71.1 Å². The van der Waals surface area contributed by atoms with Crippen molar-refractivity contribution >= 4 is 23.1 Å². The summed E-state index contributed by atoms with van der Waals surface area (Å²) in [5.41, 5.74) is 2.00. The highest BCUT2D eigenvalue weighted by Crippen LogP contribution is 2.33. The van der Waals surface area contributed by atoms with E-state index in [4.69, 9.17) is 16.3 Å². The van der Waals surface area contributed by atoms with Gasteiger partial charge in [0.2, 0.25) is 5.95 Å². The predicted molar refractivity (Wildman–Crippen MR) is 128 cm³/mol. The second kappa shape index (κ2) is 10.8. The van der Waals surface area contributed by atoms with E-state index in [1.165, 1.54) is 19.0 Å². The molecule has 2 saturated carbocycles. The quantitative estimate of drug-likeness (QED) is 0.427. The molecule has 2 heterocycles. The van der Waals surface area contributed by atoms with Gasteiger partial charge in [0.1, 0.15) is 5.82 Å². The summed E-state index contributed by atoms with van der Waals surface area (Å²) in [5, 5.41) is 10.9. The molecule has 0 aromatic carbocycles. The molecule has 2 aliphatic carbocycles. The Morgan fingerprint density at radius 3 is 2.56 bits per heavy atom. The highest BCUT2D eigenvalue weighted by molar-refractivity contribution is 6.33. The van der Waals surface area contributed by atoms with Crippen LogP contribution in [0.15, 0.2) is 24.5 Å². The smallest absolute Gasteiger partial charge is 0.236 e. The van der Waals surface area contributed by atoms with Gasteiger partial charge >= 0.3 is 0 Å². The van der Waals surface area contributed by atoms with E-state index in [1.807, 2.05) is 6.07 Å². The van der Waals surface area contributed by atoms with Gasteiger partial charge in [0, 0.05) is 55.3 Å². The van der Waals surface area contributed by atoms with Crippen LogP contribution >= 0.6 is 11.6 Å². The molecule has 2 aromatic heterocycles. The minimum atomic E-state index is -0.483. The normalized spacial score (nSPS) is 21.9. The highest BCUT2D eigenvalue weighted by atomic mass is 35.5. The van der Waals surface area contributed by atoms with Gasteiger partial charge in [0.15, 0.2) is 0 Å². The van der Waals surface area contributed by atoms with Crippen molar-refractivity contribution in [1.29, 1.82) is 0 Å². The van der Waals surface area contributed by atoms with Gasteiger partial charge in [-0.2, -0.15) is 4.39 Å². The standard InChI is InChI=1S/C24H33ClFN5O/c1-15(14-32-2)30-18-5-7-19(8-6-18)31-23-10-20(21(25)13-28-23)17-9-22(24(26)29-12-17)27-11-16-3-4-16/h9-10,12-13,15-16,18-19,27,30H,3-8,11,14H2,1-2H3,(H,28,31)/t15-,18?,19?/m0/s1. The van der Waals surface area contributed by atoms with Crippen LogP contribution < -0.4 is 16.0 Å². The summed E-state index contributed by atoms with van der Waals surface area (Å²) >= 11 is 6.45. The number of anilines is 2. The Morgan fingerprint density at radius 1 is 1.09 bits per heavy atom. The summed E-state index contributed by atoms with van der Waals surface area (Å²) in [5.74, 6) is 0.945. The first-order chi connectivity index (χ1) is 15.5. The monoisotopic (exact) mass is 461 g/mol. The van der Waals surface area contributed by atoms with Crippen molar-refractivity contribution in [2.75, 3.05) is 30.9 Å². The number of aromatic nitrogens is 2. The van der Waals surface area contributed by atoms with Crippen molar-refractivity contribution in [2.45, 2.75) is 63.6 Å². The van der Waals surface area contributed by atoms with Crippen LogP contribution in [-0.2, 0) is 4.74 Å². The summed E-state index contributed by atoms with van der Waals surface area (Å²) in [7, 11) is 1.74. The van der Waals surface area contributed by atoms with E-state index < -0.39 is 5.95 Å². The Kier molecular flexibility index (Phi) is 7.81. The molecule has 0 spiro atoms. The molecular formula is C24H33ClFN5O. The number of hydrogen-bond donors (Lipinski definition) is 3. The molecular weight excluding hydrogens is 429 g/mol. The molecule has 2 aromatic rings. The molecule has 174 valence electrons. The lowest BCUT2D eigenvalue weighted by atomic mass is 9.90. The van der Waals surface area contributed by atoms with E-state index in [0.29, 0.717) is 34.8 Å². The third kappa shape index (κ3) is 6.30. The minimum Gasteiger partial charge on any atom is -0.383 e. The molecule has 0 aliphatic heterocycles. The number of hydrogen-bond acceptors (Lipinski definition) is 6. The molecule has 6 nitrogen and oxygen atoms in total. The Morgan fingerprint density at radius 2 is 1.84 bits per heavy atom. The molecule has 2 aliphatic rings. The number of nitrogens with zero attached hydrogens (tertiary/aromatic N) is 2. The van der Waals surface area contributed by atoms with Crippen LogP contribution in [0.4, 0.5) is 15.9 Å². The van der Waals surface area contributed by atoms with Crippen molar-refractivity contribution in [2.24, 2.45) is 5.92 Å². The molecule has 0 amide bonds. The van der Waals surface area contributed by atoms with Crippen molar-refractivity contribution in [3.63, 3.8) is 0 Å². The number of methoxy groups -OCH3 is 1. The molecule has 2 fully saturated rings. The first-order valence-electron chi connectivity index (χ1n) is 11.6. The van der Waals surface area contributed by atoms with Crippen LogP contribution in [-0.4, -0.2) is 48.4 Å². The zero-order chi connectivity index (χ0) is 22.5. The van der Waals surface area contributed by atoms with E-state index in [9.17, 15) is 4.39 Å². The van der Waals surface area contributed by atoms with E-state index in [0.717, 1.165) is 55.8 Å². The maximum atomic E-state index is 14.2. The van der Waals surface area contributed by atoms with Gasteiger partial charge in [0.05, 0.1) is 17.3 Å². The second-order valence-electron chi connectivity index (χ2n) is 9.15. The van der Waals surface area contributed by atoms with E-state index >= 15 is 0 Å².